The summed E-state index contributed by atoms with van der Waals surface area (Å²) in [5, 5.41) is 9.59. The van der Waals surface area contributed by atoms with Crippen molar-refractivity contribution < 1.29 is 18.3 Å². The summed E-state index contributed by atoms with van der Waals surface area (Å²) < 4.78 is 35.9. The van der Waals surface area contributed by atoms with E-state index < -0.39 is 18.1 Å². The highest BCUT2D eigenvalue weighted by Gasteiger charge is 2.30. The topological polar surface area (TPSA) is 92.6 Å². The molecule has 2 unspecified atom stereocenters. The fraction of sp³-hybridized carbons (Fsp3) is 0.346. The molecule has 3 N–H and O–H groups in total. The maximum atomic E-state index is 14.8. The number of methoxy groups -OCH3 is 1. The molecule has 1 fully saturated rings. The van der Waals surface area contributed by atoms with Gasteiger partial charge in [0.05, 0.1) is 11.9 Å². The maximum absolute atomic E-state index is 14.8. The van der Waals surface area contributed by atoms with Crippen LogP contribution < -0.4 is 16.0 Å². The molecule has 0 saturated carbocycles. The van der Waals surface area contributed by atoms with Gasteiger partial charge in [-0.05, 0) is 43.1 Å². The number of fused-ring (bicyclic) bond motifs is 1. The van der Waals surface area contributed by atoms with Crippen molar-refractivity contribution in [2.24, 2.45) is 0 Å². The first-order valence-electron chi connectivity index (χ1n) is 12.0. The Bertz CT molecular complexity index is 1350. The number of aryl methyl sites for hydroxylation is 1. The van der Waals surface area contributed by atoms with Gasteiger partial charge in [-0.3, -0.25) is 9.20 Å². The van der Waals surface area contributed by atoms with Crippen LogP contribution >= 0.6 is 0 Å². The maximum Gasteiger partial charge on any atom is 0.251 e. The lowest BCUT2D eigenvalue weighted by Crippen LogP contribution is -2.36. The van der Waals surface area contributed by atoms with Gasteiger partial charge in [-0.1, -0.05) is 19.1 Å². The molecule has 2 aliphatic rings. The molecule has 0 radical (unpaired) electrons. The van der Waals surface area contributed by atoms with Crippen LogP contribution in [-0.2, 0) is 11.2 Å². The van der Waals surface area contributed by atoms with Gasteiger partial charge in [0.1, 0.15) is 11.9 Å². The normalized spacial score (nSPS) is 21.8. The van der Waals surface area contributed by atoms with E-state index in [4.69, 9.17) is 4.74 Å². The zero-order valence-electron chi connectivity index (χ0n) is 20.1. The molecule has 1 saturated heterocycles. The van der Waals surface area contributed by atoms with E-state index in [0.29, 0.717) is 29.1 Å². The lowest BCUT2D eigenvalue weighted by molar-refractivity contribution is 0.0715. The Morgan fingerprint density at radius 3 is 2.94 bits per heavy atom. The second-order valence-electron chi connectivity index (χ2n) is 8.85. The van der Waals surface area contributed by atoms with E-state index in [0.717, 1.165) is 30.8 Å². The van der Waals surface area contributed by atoms with E-state index in [2.05, 4.69) is 25.9 Å². The molecule has 1 amide bonds. The van der Waals surface area contributed by atoms with Crippen molar-refractivity contribution in [3.05, 3.63) is 71.6 Å². The number of alkyl halides is 1. The largest absolute Gasteiger partial charge is 0.374 e. The third kappa shape index (κ3) is 4.49. The Labute approximate surface area is 207 Å². The molecule has 3 heterocycles. The standard InChI is InChI=1S/C26H28F2N6O2/c1-3-15-12-16(4-5-18(15)26(35)33-17-8-9-29-13-17)32-24-25-31-14-20(34(25)11-10-30-24)19-6-7-21(36-2)23(28)22(19)27/h4-7,10-12,14,17,21,23,29H,3,8-9,13H2,1-2H3,(H,30,32)(H,33,35)/t17-,21?,23?/m1/s1. The minimum Gasteiger partial charge on any atom is -0.374 e. The number of imidazole rings is 1. The number of hydrogen-bond acceptors (Lipinski definition) is 6. The number of allylic oxidation sites excluding steroid dienone is 2. The molecule has 0 bridgehead atoms. The van der Waals surface area contributed by atoms with E-state index in [-0.39, 0.29) is 17.5 Å². The van der Waals surface area contributed by atoms with E-state index >= 15 is 0 Å². The van der Waals surface area contributed by atoms with Gasteiger partial charge in [0.2, 0.25) is 0 Å². The minimum absolute atomic E-state index is 0.0806. The fourth-order valence-electron chi connectivity index (χ4n) is 4.64. The van der Waals surface area contributed by atoms with Gasteiger partial charge in [0, 0.05) is 48.9 Å². The van der Waals surface area contributed by atoms with E-state index in [1.54, 1.807) is 22.9 Å². The van der Waals surface area contributed by atoms with E-state index in [1.807, 2.05) is 19.1 Å². The number of nitrogens with one attached hydrogen (secondary N) is 3. The minimum atomic E-state index is -1.88. The quantitative estimate of drug-likeness (QED) is 0.464. The van der Waals surface area contributed by atoms with Gasteiger partial charge in [0.25, 0.3) is 5.91 Å². The summed E-state index contributed by atoms with van der Waals surface area (Å²) in [5.74, 6) is -0.525. The average molecular weight is 495 g/mol. The van der Waals surface area contributed by atoms with Crippen molar-refractivity contribution in [3.63, 3.8) is 0 Å². The van der Waals surface area contributed by atoms with Crippen LogP contribution in [0.4, 0.5) is 20.3 Å². The molecule has 1 aliphatic carbocycles. The molecule has 2 aromatic heterocycles. The molecular formula is C26H28F2N6O2. The molecule has 5 rings (SSSR count). The number of rotatable bonds is 7. The van der Waals surface area contributed by atoms with Gasteiger partial charge < -0.3 is 20.7 Å². The predicted molar refractivity (Wildman–Crippen MR) is 134 cm³/mol. The first-order chi connectivity index (χ1) is 17.5. The lowest BCUT2D eigenvalue weighted by Gasteiger charge is -2.20. The summed E-state index contributed by atoms with van der Waals surface area (Å²) in [6, 6.07) is 5.68. The number of anilines is 2. The molecule has 3 atom stereocenters. The van der Waals surface area contributed by atoms with Gasteiger partial charge in [-0.2, -0.15) is 0 Å². The van der Waals surface area contributed by atoms with Crippen molar-refractivity contribution in [3.8, 4) is 0 Å². The Hall–Kier alpha value is -3.63. The first kappa shape index (κ1) is 24.1. The van der Waals surface area contributed by atoms with Crippen LogP contribution in [0.2, 0.25) is 0 Å². The summed E-state index contributed by atoms with van der Waals surface area (Å²) in [7, 11) is 1.34. The molecule has 1 aromatic carbocycles. The molecule has 188 valence electrons. The van der Waals surface area contributed by atoms with Crippen molar-refractivity contribution in [1.82, 2.24) is 25.0 Å². The highest BCUT2D eigenvalue weighted by atomic mass is 19.2. The Morgan fingerprint density at radius 2 is 2.19 bits per heavy atom. The number of hydrogen-bond donors (Lipinski definition) is 3. The van der Waals surface area contributed by atoms with Gasteiger partial charge in [-0.15, -0.1) is 0 Å². The summed E-state index contributed by atoms with van der Waals surface area (Å²) in [4.78, 5) is 21.6. The number of nitrogens with zero attached hydrogens (tertiary/aromatic N) is 3. The molecule has 1 aliphatic heterocycles. The Kier molecular flexibility index (Phi) is 6.80. The average Bonchev–Trinajstić information content (AvgIpc) is 3.56. The number of amides is 1. The molecule has 10 heteroatoms. The van der Waals surface area contributed by atoms with E-state index in [1.165, 1.54) is 25.5 Å². The third-order valence-corrected chi connectivity index (χ3v) is 6.61. The number of carbonyl (C=O) groups is 1. The van der Waals surface area contributed by atoms with E-state index in [9.17, 15) is 13.6 Å². The molecular weight excluding hydrogens is 466 g/mol. The predicted octanol–water partition coefficient (Wildman–Crippen LogP) is 3.73. The van der Waals surface area contributed by atoms with Crippen molar-refractivity contribution in [2.45, 2.75) is 38.1 Å². The number of benzene rings is 1. The SMILES string of the molecule is CCc1cc(Nc2nccn3c(C4=C(F)C(F)C(OC)C=C4)cnc23)ccc1C(=O)N[C@@H]1CCNC1. The van der Waals surface area contributed by atoms with Crippen molar-refractivity contribution in [2.75, 3.05) is 25.5 Å². The fourth-order valence-corrected chi connectivity index (χ4v) is 4.64. The second-order valence-corrected chi connectivity index (χ2v) is 8.85. The van der Waals surface area contributed by atoms with Gasteiger partial charge >= 0.3 is 0 Å². The number of aromatic nitrogens is 3. The number of carbonyl (C=O) groups excluding carboxylic acids is 1. The zero-order chi connectivity index (χ0) is 25.2. The smallest absolute Gasteiger partial charge is 0.251 e. The van der Waals surface area contributed by atoms with Crippen LogP contribution in [-0.4, -0.2) is 58.8 Å². The Morgan fingerprint density at radius 1 is 1.33 bits per heavy atom. The van der Waals surface area contributed by atoms with Gasteiger partial charge in [0.15, 0.2) is 17.6 Å². The lowest BCUT2D eigenvalue weighted by atomic mass is 10.00. The van der Waals surface area contributed by atoms with Crippen molar-refractivity contribution in [1.29, 1.82) is 0 Å². The van der Waals surface area contributed by atoms with Crippen LogP contribution in [0.25, 0.3) is 11.2 Å². The van der Waals surface area contributed by atoms with Crippen molar-refractivity contribution >= 4 is 28.6 Å². The highest BCUT2D eigenvalue weighted by molar-refractivity contribution is 5.96. The third-order valence-electron chi connectivity index (χ3n) is 6.61. The van der Waals surface area contributed by atoms with Crippen LogP contribution in [0.3, 0.4) is 0 Å². The Balaban J connectivity index is 1.41. The monoisotopic (exact) mass is 494 g/mol. The molecule has 36 heavy (non-hydrogen) atoms. The first-order valence-corrected chi connectivity index (χ1v) is 12.0. The van der Waals surface area contributed by atoms with Crippen LogP contribution in [0.1, 0.15) is 35.0 Å². The molecule has 3 aromatic rings. The van der Waals surface area contributed by atoms with Crippen LogP contribution in [0, 0.1) is 0 Å². The summed E-state index contributed by atoms with van der Waals surface area (Å²) >= 11 is 0. The zero-order valence-corrected chi connectivity index (χ0v) is 20.1. The molecule has 8 nitrogen and oxygen atoms in total. The summed E-state index contributed by atoms with van der Waals surface area (Å²) in [6.07, 6.45) is 6.47. The number of ether oxygens (including phenoxy) is 1. The highest BCUT2D eigenvalue weighted by Crippen LogP contribution is 2.33. The molecule has 0 spiro atoms. The second kappa shape index (κ2) is 10.2. The van der Waals surface area contributed by atoms with Crippen LogP contribution in [0.15, 0.2) is 54.8 Å². The van der Waals surface area contributed by atoms with Gasteiger partial charge in [-0.25, -0.2) is 18.7 Å². The van der Waals surface area contributed by atoms with Crippen LogP contribution in [0.5, 0.6) is 0 Å². The summed E-state index contributed by atoms with van der Waals surface area (Å²) in [6.45, 7) is 3.69. The summed E-state index contributed by atoms with van der Waals surface area (Å²) in [5.41, 5.74) is 3.27. The number of halogens is 2.